The summed E-state index contributed by atoms with van der Waals surface area (Å²) >= 11 is 8.38. The number of halogens is 1. The predicted octanol–water partition coefficient (Wildman–Crippen LogP) is 3.37. The van der Waals surface area contributed by atoms with Crippen molar-refractivity contribution in [3.63, 3.8) is 0 Å². The maximum atomic E-state index is 11.8. The van der Waals surface area contributed by atoms with Crippen molar-refractivity contribution in [3.05, 3.63) is 69.8 Å². The SMILES string of the molecule is O=C1NC(=S)N/C1=C\c1cc(Br)ccc1OCc1ccccc1. The lowest BCUT2D eigenvalue weighted by Crippen LogP contribution is -2.21. The van der Waals surface area contributed by atoms with Crippen LogP contribution in [0.2, 0.25) is 0 Å². The highest BCUT2D eigenvalue weighted by Crippen LogP contribution is 2.26. The van der Waals surface area contributed by atoms with E-state index in [2.05, 4.69) is 26.6 Å². The molecule has 1 fully saturated rings. The molecule has 0 saturated carbocycles. The van der Waals surface area contributed by atoms with Gasteiger partial charge >= 0.3 is 0 Å². The molecule has 0 radical (unpaired) electrons. The van der Waals surface area contributed by atoms with Crippen LogP contribution in [-0.4, -0.2) is 11.0 Å². The third-order valence-electron chi connectivity index (χ3n) is 3.23. The first-order valence-electron chi connectivity index (χ1n) is 6.92. The van der Waals surface area contributed by atoms with Crippen LogP contribution in [0.15, 0.2) is 58.7 Å². The second kappa shape index (κ2) is 6.93. The van der Waals surface area contributed by atoms with Gasteiger partial charge in [-0.25, -0.2) is 0 Å². The minimum atomic E-state index is -0.246. The van der Waals surface area contributed by atoms with Crippen LogP contribution in [0.25, 0.3) is 6.08 Å². The van der Waals surface area contributed by atoms with Gasteiger partial charge in [0.1, 0.15) is 18.1 Å². The van der Waals surface area contributed by atoms with Gasteiger partial charge in [-0.15, -0.1) is 0 Å². The third kappa shape index (κ3) is 3.97. The van der Waals surface area contributed by atoms with Crippen LogP contribution in [0.4, 0.5) is 0 Å². The van der Waals surface area contributed by atoms with Gasteiger partial charge in [0, 0.05) is 10.0 Å². The molecule has 0 aromatic heterocycles. The summed E-state index contributed by atoms with van der Waals surface area (Å²) in [4.78, 5) is 11.8. The molecule has 0 spiro atoms. The molecule has 1 heterocycles. The van der Waals surface area contributed by atoms with Gasteiger partial charge in [-0.05, 0) is 42.1 Å². The Bertz CT molecular complexity index is 790. The Morgan fingerprint density at radius 1 is 1.13 bits per heavy atom. The van der Waals surface area contributed by atoms with Crippen molar-refractivity contribution in [2.75, 3.05) is 0 Å². The Morgan fingerprint density at radius 2 is 1.91 bits per heavy atom. The molecule has 2 aromatic rings. The van der Waals surface area contributed by atoms with Crippen LogP contribution < -0.4 is 15.4 Å². The number of benzene rings is 2. The molecule has 6 heteroatoms. The second-order valence-electron chi connectivity index (χ2n) is 4.92. The van der Waals surface area contributed by atoms with Crippen molar-refractivity contribution < 1.29 is 9.53 Å². The van der Waals surface area contributed by atoms with Gasteiger partial charge in [0.05, 0.1) is 0 Å². The topological polar surface area (TPSA) is 50.4 Å². The Morgan fingerprint density at radius 3 is 2.61 bits per heavy atom. The van der Waals surface area contributed by atoms with E-state index in [-0.39, 0.29) is 5.91 Å². The molecule has 1 aliphatic heterocycles. The van der Waals surface area contributed by atoms with Crippen molar-refractivity contribution in [2.45, 2.75) is 6.61 Å². The fourth-order valence-corrected chi connectivity index (χ4v) is 2.72. The molecular formula is C17H13BrN2O2S. The van der Waals surface area contributed by atoms with Crippen LogP contribution in [0.1, 0.15) is 11.1 Å². The molecule has 2 N–H and O–H groups in total. The molecule has 2 aromatic carbocycles. The fourth-order valence-electron chi connectivity index (χ4n) is 2.14. The molecule has 23 heavy (non-hydrogen) atoms. The van der Waals surface area contributed by atoms with Crippen molar-refractivity contribution in [2.24, 2.45) is 0 Å². The number of nitrogens with one attached hydrogen (secondary N) is 2. The van der Waals surface area contributed by atoms with Crippen LogP contribution in [0.5, 0.6) is 5.75 Å². The highest BCUT2D eigenvalue weighted by Gasteiger charge is 2.20. The van der Waals surface area contributed by atoms with Crippen LogP contribution >= 0.6 is 28.1 Å². The lowest BCUT2D eigenvalue weighted by Gasteiger charge is -2.10. The second-order valence-corrected chi connectivity index (χ2v) is 6.25. The van der Waals surface area contributed by atoms with Gasteiger partial charge in [0.2, 0.25) is 0 Å². The number of ether oxygens (including phenoxy) is 1. The lowest BCUT2D eigenvalue weighted by molar-refractivity contribution is -0.115. The molecule has 1 aliphatic rings. The maximum absolute atomic E-state index is 11.8. The molecule has 0 unspecified atom stereocenters. The third-order valence-corrected chi connectivity index (χ3v) is 3.93. The molecule has 1 amide bonds. The summed E-state index contributed by atoms with van der Waals surface area (Å²) in [6.07, 6.45) is 1.72. The van der Waals surface area contributed by atoms with E-state index in [0.29, 0.717) is 23.2 Å². The smallest absolute Gasteiger partial charge is 0.273 e. The molecule has 1 saturated heterocycles. The zero-order chi connectivity index (χ0) is 16.2. The molecule has 0 bridgehead atoms. The highest BCUT2D eigenvalue weighted by atomic mass is 79.9. The molecule has 3 rings (SSSR count). The Hall–Kier alpha value is -2.18. The summed E-state index contributed by atoms with van der Waals surface area (Å²) in [7, 11) is 0. The Balaban J connectivity index is 1.85. The van der Waals surface area contributed by atoms with Gasteiger partial charge in [-0.2, -0.15) is 0 Å². The van der Waals surface area contributed by atoms with Gasteiger partial charge in [0.25, 0.3) is 5.91 Å². The number of amides is 1. The monoisotopic (exact) mass is 388 g/mol. The predicted molar refractivity (Wildman–Crippen MR) is 96.8 cm³/mol. The number of hydrogen-bond acceptors (Lipinski definition) is 3. The normalized spacial score (nSPS) is 15.4. The number of carbonyl (C=O) groups excluding carboxylic acids is 1. The summed E-state index contributed by atoms with van der Waals surface area (Å²) in [5, 5.41) is 5.68. The van der Waals surface area contributed by atoms with Crippen molar-refractivity contribution >= 4 is 45.2 Å². The minimum absolute atomic E-state index is 0.246. The maximum Gasteiger partial charge on any atom is 0.273 e. The minimum Gasteiger partial charge on any atom is -0.488 e. The van der Waals surface area contributed by atoms with Crippen molar-refractivity contribution in [3.8, 4) is 5.75 Å². The number of thiocarbonyl (C=S) groups is 1. The van der Waals surface area contributed by atoms with Gasteiger partial charge in [-0.1, -0.05) is 46.3 Å². The van der Waals surface area contributed by atoms with E-state index in [0.717, 1.165) is 15.6 Å². The van der Waals surface area contributed by atoms with Crippen molar-refractivity contribution in [1.82, 2.24) is 10.6 Å². The van der Waals surface area contributed by atoms with E-state index < -0.39 is 0 Å². The summed E-state index contributed by atoms with van der Waals surface area (Å²) in [5.41, 5.74) is 2.27. The lowest BCUT2D eigenvalue weighted by atomic mass is 10.1. The zero-order valence-electron chi connectivity index (χ0n) is 12.0. The Kier molecular flexibility index (Phi) is 4.73. The average Bonchev–Trinajstić information content (AvgIpc) is 2.85. The summed E-state index contributed by atoms with van der Waals surface area (Å²) in [6.45, 7) is 0.455. The average molecular weight is 389 g/mol. The van der Waals surface area contributed by atoms with E-state index >= 15 is 0 Å². The molecular weight excluding hydrogens is 376 g/mol. The van der Waals surface area contributed by atoms with Crippen LogP contribution in [0.3, 0.4) is 0 Å². The van der Waals surface area contributed by atoms with E-state index in [1.54, 1.807) is 6.08 Å². The summed E-state index contributed by atoms with van der Waals surface area (Å²) in [6, 6.07) is 15.6. The molecule has 0 atom stereocenters. The first-order valence-corrected chi connectivity index (χ1v) is 8.12. The number of hydrogen-bond donors (Lipinski definition) is 2. The first-order chi connectivity index (χ1) is 11.1. The van der Waals surface area contributed by atoms with E-state index in [9.17, 15) is 4.79 Å². The highest BCUT2D eigenvalue weighted by molar-refractivity contribution is 9.10. The Labute approximate surface area is 147 Å². The van der Waals surface area contributed by atoms with E-state index in [1.807, 2.05) is 48.5 Å². The van der Waals surface area contributed by atoms with E-state index in [4.69, 9.17) is 17.0 Å². The first kappa shape index (κ1) is 15.7. The largest absolute Gasteiger partial charge is 0.488 e. The van der Waals surface area contributed by atoms with Crippen LogP contribution in [-0.2, 0) is 11.4 Å². The quantitative estimate of drug-likeness (QED) is 0.622. The standard InChI is InChI=1S/C17H13BrN2O2S/c18-13-6-7-15(22-10-11-4-2-1-3-5-11)12(8-13)9-14-16(21)20-17(23)19-14/h1-9H,10H2,(H2,19,20,21,23)/b14-9-. The molecule has 4 nitrogen and oxygen atoms in total. The van der Waals surface area contributed by atoms with Gasteiger partial charge < -0.3 is 10.1 Å². The summed E-state index contributed by atoms with van der Waals surface area (Å²) < 4.78 is 6.79. The number of carbonyl (C=O) groups is 1. The summed E-state index contributed by atoms with van der Waals surface area (Å²) in [5.74, 6) is 0.445. The fraction of sp³-hybridized carbons (Fsp3) is 0.0588. The number of rotatable bonds is 4. The van der Waals surface area contributed by atoms with Crippen molar-refractivity contribution in [1.29, 1.82) is 0 Å². The van der Waals surface area contributed by atoms with E-state index in [1.165, 1.54) is 0 Å². The van der Waals surface area contributed by atoms with Crippen LogP contribution in [0, 0.1) is 0 Å². The molecule has 116 valence electrons. The molecule has 0 aliphatic carbocycles. The van der Waals surface area contributed by atoms with Gasteiger partial charge in [-0.3, -0.25) is 10.1 Å². The van der Waals surface area contributed by atoms with Gasteiger partial charge in [0.15, 0.2) is 5.11 Å². The zero-order valence-corrected chi connectivity index (χ0v) is 14.4.